The smallest absolute Gasteiger partial charge is 0.267 e. The van der Waals surface area contributed by atoms with Gasteiger partial charge in [-0.3, -0.25) is 4.79 Å². The average molecular weight is 243 g/mol. The molecule has 0 spiro atoms. The zero-order valence-electron chi connectivity index (χ0n) is 10.2. The second kappa shape index (κ2) is 5.27. The van der Waals surface area contributed by atoms with Crippen LogP contribution in [0.4, 0.5) is 5.95 Å². The van der Waals surface area contributed by atoms with Crippen LogP contribution < -0.4 is 5.32 Å². The van der Waals surface area contributed by atoms with E-state index in [0.717, 1.165) is 5.56 Å². The van der Waals surface area contributed by atoms with Crippen LogP contribution in [0.1, 0.15) is 13.8 Å². The molecular formula is C13H13N3O2. The third-order valence-electron chi connectivity index (χ3n) is 2.18. The van der Waals surface area contributed by atoms with Crippen LogP contribution in [0.5, 0.6) is 0 Å². The van der Waals surface area contributed by atoms with Crippen LogP contribution in [-0.4, -0.2) is 15.9 Å². The van der Waals surface area contributed by atoms with Gasteiger partial charge in [-0.2, -0.15) is 4.98 Å². The summed E-state index contributed by atoms with van der Waals surface area (Å²) in [7, 11) is 0. The van der Waals surface area contributed by atoms with Crippen molar-refractivity contribution in [2.24, 2.45) is 0 Å². The van der Waals surface area contributed by atoms with Crippen LogP contribution in [0.3, 0.4) is 0 Å². The van der Waals surface area contributed by atoms with E-state index in [0.29, 0.717) is 17.5 Å². The SMILES string of the molecule is CC(=O)/C=C(/C)Nc1noc(-c2ccccc2)n1. The van der Waals surface area contributed by atoms with Crippen molar-refractivity contribution >= 4 is 11.7 Å². The predicted molar refractivity (Wildman–Crippen MR) is 67.8 cm³/mol. The highest BCUT2D eigenvalue weighted by atomic mass is 16.5. The highest BCUT2D eigenvalue weighted by molar-refractivity contribution is 5.88. The first-order valence-electron chi connectivity index (χ1n) is 5.50. The van der Waals surface area contributed by atoms with E-state index in [9.17, 15) is 4.79 Å². The summed E-state index contributed by atoms with van der Waals surface area (Å²) in [4.78, 5) is 15.1. The lowest BCUT2D eigenvalue weighted by molar-refractivity contribution is -0.112. The summed E-state index contributed by atoms with van der Waals surface area (Å²) in [5.41, 5.74) is 1.52. The predicted octanol–water partition coefficient (Wildman–Crippen LogP) is 2.64. The van der Waals surface area contributed by atoms with Gasteiger partial charge in [0.1, 0.15) is 0 Å². The topological polar surface area (TPSA) is 68.0 Å². The van der Waals surface area contributed by atoms with Crippen molar-refractivity contribution in [2.75, 3.05) is 5.32 Å². The van der Waals surface area contributed by atoms with Crippen LogP contribution in [0.15, 0.2) is 46.6 Å². The Bertz CT molecular complexity index is 573. The number of hydrogen-bond acceptors (Lipinski definition) is 5. The number of hydrogen-bond donors (Lipinski definition) is 1. The largest absolute Gasteiger partial charge is 0.332 e. The van der Waals surface area contributed by atoms with Crippen LogP contribution in [0.25, 0.3) is 11.5 Å². The Kier molecular flexibility index (Phi) is 3.52. The molecule has 2 aromatic rings. The van der Waals surface area contributed by atoms with Crippen molar-refractivity contribution in [3.05, 3.63) is 42.1 Å². The second-order valence-electron chi connectivity index (χ2n) is 3.85. The highest BCUT2D eigenvalue weighted by Gasteiger charge is 2.07. The summed E-state index contributed by atoms with van der Waals surface area (Å²) in [5, 5.41) is 6.68. The van der Waals surface area contributed by atoms with Crippen molar-refractivity contribution in [1.29, 1.82) is 0 Å². The number of benzene rings is 1. The molecule has 0 unspecified atom stereocenters. The fourth-order valence-corrected chi connectivity index (χ4v) is 1.49. The van der Waals surface area contributed by atoms with Gasteiger partial charge in [-0.1, -0.05) is 18.2 Å². The van der Waals surface area contributed by atoms with E-state index in [1.54, 1.807) is 6.92 Å². The molecule has 0 aliphatic heterocycles. The van der Waals surface area contributed by atoms with Gasteiger partial charge in [0.25, 0.3) is 11.8 Å². The number of allylic oxidation sites excluding steroid dienone is 2. The quantitative estimate of drug-likeness (QED) is 0.836. The summed E-state index contributed by atoms with van der Waals surface area (Å²) in [6.07, 6.45) is 1.47. The molecule has 92 valence electrons. The minimum atomic E-state index is -0.0354. The van der Waals surface area contributed by atoms with Gasteiger partial charge < -0.3 is 9.84 Å². The maximum atomic E-state index is 10.9. The van der Waals surface area contributed by atoms with E-state index in [2.05, 4.69) is 15.5 Å². The molecule has 5 nitrogen and oxygen atoms in total. The first-order valence-corrected chi connectivity index (χ1v) is 5.50. The summed E-state index contributed by atoms with van der Waals surface area (Å²) >= 11 is 0. The van der Waals surface area contributed by atoms with Gasteiger partial charge in [-0.15, -0.1) is 0 Å². The molecule has 18 heavy (non-hydrogen) atoms. The molecule has 0 radical (unpaired) electrons. The van der Waals surface area contributed by atoms with Crippen LogP contribution in [0.2, 0.25) is 0 Å². The van der Waals surface area contributed by atoms with Gasteiger partial charge in [0.15, 0.2) is 5.78 Å². The summed E-state index contributed by atoms with van der Waals surface area (Å²) < 4.78 is 5.12. The fourth-order valence-electron chi connectivity index (χ4n) is 1.49. The van der Waals surface area contributed by atoms with Crippen molar-refractivity contribution < 1.29 is 9.32 Å². The van der Waals surface area contributed by atoms with E-state index in [1.807, 2.05) is 30.3 Å². The average Bonchev–Trinajstić information content (AvgIpc) is 2.77. The number of ketones is 1. The molecular weight excluding hydrogens is 230 g/mol. The van der Waals surface area contributed by atoms with Crippen LogP contribution in [0, 0.1) is 0 Å². The first-order chi connectivity index (χ1) is 8.65. The molecule has 0 bridgehead atoms. The van der Waals surface area contributed by atoms with Crippen molar-refractivity contribution in [2.45, 2.75) is 13.8 Å². The Balaban J connectivity index is 2.14. The fraction of sp³-hybridized carbons (Fsp3) is 0.154. The lowest BCUT2D eigenvalue weighted by atomic mass is 10.2. The zero-order chi connectivity index (χ0) is 13.0. The normalized spacial score (nSPS) is 11.3. The summed E-state index contributed by atoms with van der Waals surface area (Å²) in [5.74, 6) is 0.740. The van der Waals surface area contributed by atoms with Crippen LogP contribution >= 0.6 is 0 Å². The molecule has 0 saturated heterocycles. The third-order valence-corrected chi connectivity index (χ3v) is 2.18. The summed E-state index contributed by atoms with van der Waals surface area (Å²) in [6.45, 7) is 3.25. The Morgan fingerprint density at radius 3 is 2.67 bits per heavy atom. The van der Waals surface area contributed by atoms with Gasteiger partial charge in [0.05, 0.1) is 0 Å². The molecule has 0 fully saturated rings. The lowest BCUT2D eigenvalue weighted by Crippen LogP contribution is -1.99. The number of carbonyl (C=O) groups is 1. The Hall–Kier alpha value is -2.43. The molecule has 5 heteroatoms. The standard InChI is InChI=1S/C13H13N3O2/c1-9(8-10(2)17)14-13-15-12(18-16-13)11-6-4-3-5-7-11/h3-8H,1-2H3,(H,14,16)/b9-8-. The van der Waals surface area contributed by atoms with Crippen molar-refractivity contribution in [3.63, 3.8) is 0 Å². The molecule has 1 aromatic heterocycles. The molecule has 1 heterocycles. The maximum absolute atomic E-state index is 10.9. The second-order valence-corrected chi connectivity index (χ2v) is 3.85. The lowest BCUT2D eigenvalue weighted by Gasteiger charge is -1.98. The van der Waals surface area contributed by atoms with Crippen molar-refractivity contribution in [1.82, 2.24) is 10.1 Å². The monoisotopic (exact) mass is 243 g/mol. The Morgan fingerprint density at radius 2 is 2.00 bits per heavy atom. The van der Waals surface area contributed by atoms with E-state index in [-0.39, 0.29) is 5.78 Å². The number of aromatic nitrogens is 2. The van der Waals surface area contributed by atoms with Gasteiger partial charge in [-0.05, 0) is 37.2 Å². The zero-order valence-corrected chi connectivity index (χ0v) is 10.2. The molecule has 0 amide bonds. The van der Waals surface area contributed by atoms with E-state index in [1.165, 1.54) is 13.0 Å². The molecule has 0 saturated carbocycles. The number of rotatable bonds is 4. The molecule has 1 N–H and O–H groups in total. The molecule has 1 aromatic carbocycles. The third kappa shape index (κ3) is 3.04. The highest BCUT2D eigenvalue weighted by Crippen LogP contribution is 2.18. The van der Waals surface area contributed by atoms with Gasteiger partial charge in [0.2, 0.25) is 0 Å². The molecule has 2 rings (SSSR count). The number of nitrogens with one attached hydrogen (secondary N) is 1. The van der Waals surface area contributed by atoms with Gasteiger partial charge in [0, 0.05) is 11.3 Å². The van der Waals surface area contributed by atoms with Crippen molar-refractivity contribution in [3.8, 4) is 11.5 Å². The van der Waals surface area contributed by atoms with Gasteiger partial charge >= 0.3 is 0 Å². The number of anilines is 1. The number of carbonyl (C=O) groups excluding carboxylic acids is 1. The van der Waals surface area contributed by atoms with E-state index < -0.39 is 0 Å². The molecule has 0 atom stereocenters. The minimum absolute atomic E-state index is 0.0354. The Morgan fingerprint density at radius 1 is 1.28 bits per heavy atom. The first kappa shape index (κ1) is 12.0. The summed E-state index contributed by atoms with van der Waals surface area (Å²) in [6, 6.07) is 9.48. The van der Waals surface area contributed by atoms with E-state index >= 15 is 0 Å². The van der Waals surface area contributed by atoms with E-state index in [4.69, 9.17) is 4.52 Å². The van der Waals surface area contributed by atoms with Crippen LogP contribution in [-0.2, 0) is 4.79 Å². The molecule has 0 aliphatic carbocycles. The maximum Gasteiger partial charge on any atom is 0.267 e. The molecule has 0 aliphatic rings. The van der Waals surface area contributed by atoms with Gasteiger partial charge in [-0.25, -0.2) is 0 Å². The number of nitrogens with zero attached hydrogens (tertiary/aromatic N) is 2. The minimum Gasteiger partial charge on any atom is -0.332 e. The Labute approximate surface area is 105 Å².